The van der Waals surface area contributed by atoms with Gasteiger partial charge in [0.05, 0.1) is 5.69 Å². The summed E-state index contributed by atoms with van der Waals surface area (Å²) in [7, 11) is 0. The Morgan fingerprint density at radius 3 is 2.95 bits per heavy atom. The Hall–Kier alpha value is -1.13. The lowest BCUT2D eigenvalue weighted by atomic mass is 9.93. The van der Waals surface area contributed by atoms with E-state index in [1.54, 1.807) is 11.3 Å². The number of alkyl halides is 1. The number of halogens is 1. The number of aromatic nitrogens is 2. The summed E-state index contributed by atoms with van der Waals surface area (Å²) in [5.41, 5.74) is 3.93. The van der Waals surface area contributed by atoms with Gasteiger partial charge in [0, 0.05) is 23.1 Å². The monoisotopic (exact) mass is 334 g/mol. The molecule has 1 atom stereocenters. The van der Waals surface area contributed by atoms with Crippen LogP contribution in [0.5, 0.6) is 0 Å². The Bertz CT molecular complexity index is 658. The summed E-state index contributed by atoms with van der Waals surface area (Å²) < 4.78 is 2.10. The zero-order chi connectivity index (χ0) is 13.2. The molecule has 4 heteroatoms. The predicted molar refractivity (Wildman–Crippen MR) is 84.5 cm³/mol. The SMILES string of the molecule is Cc1ccccc1C(CBr)Cc1cn2ccsc2n1. The minimum Gasteiger partial charge on any atom is -0.297 e. The first-order valence-corrected chi connectivity index (χ1v) is 8.30. The second-order valence-corrected chi connectivity index (χ2v) is 6.26. The van der Waals surface area contributed by atoms with Crippen molar-refractivity contribution >= 4 is 32.2 Å². The molecular weight excluding hydrogens is 320 g/mol. The molecule has 0 radical (unpaired) electrons. The van der Waals surface area contributed by atoms with Crippen molar-refractivity contribution in [2.24, 2.45) is 0 Å². The molecule has 19 heavy (non-hydrogen) atoms. The van der Waals surface area contributed by atoms with Gasteiger partial charge in [-0.3, -0.25) is 4.40 Å². The Balaban J connectivity index is 1.87. The maximum absolute atomic E-state index is 4.68. The third-order valence-electron chi connectivity index (χ3n) is 3.41. The highest BCUT2D eigenvalue weighted by molar-refractivity contribution is 9.09. The second-order valence-electron chi connectivity index (χ2n) is 4.74. The number of thiazole rings is 1. The van der Waals surface area contributed by atoms with Crippen LogP contribution in [0.2, 0.25) is 0 Å². The highest BCUT2D eigenvalue weighted by Gasteiger charge is 2.15. The minimum absolute atomic E-state index is 0.478. The molecule has 98 valence electrons. The van der Waals surface area contributed by atoms with Gasteiger partial charge in [0.1, 0.15) is 0 Å². The molecule has 2 aromatic heterocycles. The van der Waals surface area contributed by atoms with Gasteiger partial charge in [-0.1, -0.05) is 40.2 Å². The molecule has 1 aromatic carbocycles. The summed E-state index contributed by atoms with van der Waals surface area (Å²) >= 11 is 5.33. The highest BCUT2D eigenvalue weighted by atomic mass is 79.9. The number of aryl methyl sites for hydroxylation is 1. The van der Waals surface area contributed by atoms with Gasteiger partial charge in [0.25, 0.3) is 0 Å². The molecular formula is C15H15BrN2S. The molecule has 0 amide bonds. The van der Waals surface area contributed by atoms with Crippen molar-refractivity contribution in [3.63, 3.8) is 0 Å². The van der Waals surface area contributed by atoms with Crippen LogP contribution >= 0.6 is 27.3 Å². The molecule has 0 aliphatic rings. The van der Waals surface area contributed by atoms with E-state index in [0.717, 1.165) is 16.7 Å². The van der Waals surface area contributed by atoms with Crippen LogP contribution < -0.4 is 0 Å². The number of rotatable bonds is 4. The quantitative estimate of drug-likeness (QED) is 0.645. The summed E-state index contributed by atoms with van der Waals surface area (Å²) in [5, 5.41) is 3.03. The third kappa shape index (κ3) is 2.60. The number of benzene rings is 1. The van der Waals surface area contributed by atoms with Crippen LogP contribution in [0, 0.1) is 6.92 Å². The lowest BCUT2D eigenvalue weighted by molar-refractivity contribution is 0.755. The van der Waals surface area contributed by atoms with E-state index in [9.17, 15) is 0 Å². The van der Waals surface area contributed by atoms with Gasteiger partial charge in [0.2, 0.25) is 0 Å². The predicted octanol–water partition coefficient (Wildman–Crippen LogP) is 4.43. The van der Waals surface area contributed by atoms with Gasteiger partial charge in [0.15, 0.2) is 4.96 Å². The molecule has 0 saturated carbocycles. The van der Waals surface area contributed by atoms with E-state index in [1.165, 1.54) is 16.8 Å². The van der Waals surface area contributed by atoms with Gasteiger partial charge in [-0.15, -0.1) is 11.3 Å². The average molecular weight is 335 g/mol. The van der Waals surface area contributed by atoms with Crippen LogP contribution in [0.3, 0.4) is 0 Å². The first kappa shape index (κ1) is 12.9. The largest absolute Gasteiger partial charge is 0.297 e. The van der Waals surface area contributed by atoms with Crippen molar-refractivity contribution in [2.75, 3.05) is 5.33 Å². The molecule has 0 fully saturated rings. The third-order valence-corrected chi connectivity index (χ3v) is 4.97. The van der Waals surface area contributed by atoms with Gasteiger partial charge >= 0.3 is 0 Å². The van der Waals surface area contributed by atoms with Gasteiger partial charge in [-0.2, -0.15) is 0 Å². The van der Waals surface area contributed by atoms with Crippen LogP contribution in [-0.2, 0) is 6.42 Å². The zero-order valence-electron chi connectivity index (χ0n) is 10.7. The van der Waals surface area contributed by atoms with Crippen LogP contribution in [0.15, 0.2) is 42.0 Å². The fraction of sp³-hybridized carbons (Fsp3) is 0.267. The molecule has 3 aromatic rings. The molecule has 0 bridgehead atoms. The van der Waals surface area contributed by atoms with Crippen LogP contribution in [-0.4, -0.2) is 14.7 Å². The summed E-state index contributed by atoms with van der Waals surface area (Å²) in [4.78, 5) is 5.75. The summed E-state index contributed by atoms with van der Waals surface area (Å²) in [5.74, 6) is 0.478. The van der Waals surface area contributed by atoms with Gasteiger partial charge < -0.3 is 0 Å². The fourth-order valence-corrected chi connectivity index (χ4v) is 3.72. The molecule has 3 rings (SSSR count). The molecule has 0 spiro atoms. The molecule has 0 saturated heterocycles. The lowest BCUT2D eigenvalue weighted by Crippen LogP contribution is -2.06. The Morgan fingerprint density at radius 2 is 2.21 bits per heavy atom. The van der Waals surface area contributed by atoms with E-state index in [1.807, 2.05) is 0 Å². The summed E-state index contributed by atoms with van der Waals surface area (Å²) in [6, 6.07) is 8.61. The highest BCUT2D eigenvalue weighted by Crippen LogP contribution is 2.26. The number of hydrogen-bond donors (Lipinski definition) is 0. The average Bonchev–Trinajstić information content (AvgIpc) is 2.97. The molecule has 0 N–H and O–H groups in total. The van der Waals surface area contributed by atoms with Crippen molar-refractivity contribution in [2.45, 2.75) is 19.3 Å². The zero-order valence-corrected chi connectivity index (χ0v) is 13.1. The number of fused-ring (bicyclic) bond motifs is 1. The van der Waals surface area contributed by atoms with E-state index >= 15 is 0 Å². The van der Waals surface area contributed by atoms with E-state index < -0.39 is 0 Å². The Kier molecular flexibility index (Phi) is 3.71. The molecule has 1 unspecified atom stereocenters. The summed E-state index contributed by atoms with van der Waals surface area (Å²) in [6.45, 7) is 2.18. The van der Waals surface area contributed by atoms with E-state index in [0.29, 0.717) is 5.92 Å². The van der Waals surface area contributed by atoms with Gasteiger partial charge in [-0.25, -0.2) is 4.98 Å². The molecule has 2 heterocycles. The normalized spacial score (nSPS) is 12.9. The van der Waals surface area contributed by atoms with Crippen LogP contribution in [0.4, 0.5) is 0 Å². The Labute approximate surface area is 125 Å². The van der Waals surface area contributed by atoms with Crippen molar-refractivity contribution in [3.8, 4) is 0 Å². The molecule has 0 aliphatic heterocycles. The van der Waals surface area contributed by atoms with E-state index in [2.05, 4.69) is 74.3 Å². The lowest BCUT2D eigenvalue weighted by Gasteiger charge is -2.15. The van der Waals surface area contributed by atoms with Crippen LogP contribution in [0.1, 0.15) is 22.7 Å². The smallest absolute Gasteiger partial charge is 0.193 e. The van der Waals surface area contributed by atoms with Crippen LogP contribution in [0.25, 0.3) is 4.96 Å². The maximum atomic E-state index is 4.68. The summed E-state index contributed by atoms with van der Waals surface area (Å²) in [6.07, 6.45) is 5.18. The number of imidazole rings is 1. The van der Waals surface area contributed by atoms with Crippen molar-refractivity contribution in [1.82, 2.24) is 9.38 Å². The Morgan fingerprint density at radius 1 is 1.37 bits per heavy atom. The molecule has 0 aliphatic carbocycles. The fourth-order valence-electron chi connectivity index (χ4n) is 2.42. The first-order chi connectivity index (χ1) is 9.28. The van der Waals surface area contributed by atoms with Crippen molar-refractivity contribution in [1.29, 1.82) is 0 Å². The molecule has 2 nitrogen and oxygen atoms in total. The second kappa shape index (κ2) is 5.47. The maximum Gasteiger partial charge on any atom is 0.193 e. The van der Waals surface area contributed by atoms with Gasteiger partial charge in [-0.05, 0) is 30.4 Å². The first-order valence-electron chi connectivity index (χ1n) is 6.30. The van der Waals surface area contributed by atoms with Crippen molar-refractivity contribution < 1.29 is 0 Å². The number of nitrogens with zero attached hydrogens (tertiary/aromatic N) is 2. The minimum atomic E-state index is 0.478. The van der Waals surface area contributed by atoms with E-state index in [4.69, 9.17) is 0 Å². The standard InChI is InChI=1S/C15H15BrN2S/c1-11-4-2-3-5-14(11)12(9-16)8-13-10-18-6-7-19-15(18)17-13/h2-7,10,12H,8-9H2,1H3. The van der Waals surface area contributed by atoms with Crippen molar-refractivity contribution in [3.05, 3.63) is 58.9 Å². The van der Waals surface area contributed by atoms with E-state index in [-0.39, 0.29) is 0 Å². The topological polar surface area (TPSA) is 17.3 Å². The number of hydrogen-bond acceptors (Lipinski definition) is 2.